The molecule has 3 rings (SSSR count). The molecule has 5 heteroatoms. The van der Waals surface area contributed by atoms with Gasteiger partial charge in [-0.1, -0.05) is 18.2 Å². The highest BCUT2D eigenvalue weighted by Gasteiger charge is 2.20. The van der Waals surface area contributed by atoms with Crippen LogP contribution in [0.25, 0.3) is 0 Å². The third-order valence-corrected chi connectivity index (χ3v) is 4.11. The van der Waals surface area contributed by atoms with E-state index in [0.29, 0.717) is 5.75 Å². The predicted molar refractivity (Wildman–Crippen MR) is 102 cm³/mol. The van der Waals surface area contributed by atoms with Crippen molar-refractivity contribution in [3.8, 4) is 5.75 Å². The van der Waals surface area contributed by atoms with Crippen LogP contribution in [0.15, 0.2) is 42.5 Å². The lowest BCUT2D eigenvalue weighted by Crippen LogP contribution is -2.23. The molecule has 1 aliphatic heterocycles. The Morgan fingerprint density at radius 3 is 2.48 bits per heavy atom. The van der Waals surface area contributed by atoms with Gasteiger partial charge in [-0.15, -0.1) is 24.8 Å². The molecule has 0 saturated carbocycles. The Morgan fingerprint density at radius 2 is 1.70 bits per heavy atom. The molecule has 0 saturated heterocycles. The van der Waals surface area contributed by atoms with Crippen LogP contribution in [0.4, 0.5) is 11.4 Å². The molecule has 0 unspecified atom stereocenters. The van der Waals surface area contributed by atoms with Gasteiger partial charge in [-0.05, 0) is 68.2 Å². The molecule has 0 amide bonds. The lowest BCUT2D eigenvalue weighted by Gasteiger charge is -2.27. The van der Waals surface area contributed by atoms with Crippen molar-refractivity contribution in [2.24, 2.45) is 0 Å². The van der Waals surface area contributed by atoms with Crippen LogP contribution in [-0.2, 0) is 12.8 Å². The summed E-state index contributed by atoms with van der Waals surface area (Å²) in [6, 6.07) is 14.4. The largest absolute Gasteiger partial charge is 0.508 e. The summed E-state index contributed by atoms with van der Waals surface area (Å²) in [5, 5.41) is 13.0. The summed E-state index contributed by atoms with van der Waals surface area (Å²) < 4.78 is 0. The molecule has 0 atom stereocenters. The van der Waals surface area contributed by atoms with Gasteiger partial charge in [-0.3, -0.25) is 0 Å². The topological polar surface area (TPSA) is 35.5 Å². The molecule has 0 fully saturated rings. The molecule has 126 valence electrons. The van der Waals surface area contributed by atoms with E-state index in [0.717, 1.165) is 32.4 Å². The molecule has 1 aliphatic rings. The third kappa shape index (κ3) is 4.31. The third-order valence-electron chi connectivity index (χ3n) is 4.11. The van der Waals surface area contributed by atoms with Gasteiger partial charge in [0.25, 0.3) is 0 Å². The Balaban J connectivity index is 0.00000132. The summed E-state index contributed by atoms with van der Waals surface area (Å²) >= 11 is 0. The van der Waals surface area contributed by atoms with E-state index in [9.17, 15) is 5.11 Å². The highest BCUT2D eigenvalue weighted by atomic mass is 35.5. The minimum atomic E-state index is 0. The van der Waals surface area contributed by atoms with Gasteiger partial charge < -0.3 is 15.3 Å². The fraction of sp³-hybridized carbons (Fsp3) is 0.333. The van der Waals surface area contributed by atoms with E-state index in [-0.39, 0.29) is 24.8 Å². The first kappa shape index (κ1) is 19.6. The maximum atomic E-state index is 9.77. The minimum absolute atomic E-state index is 0. The lowest BCUT2D eigenvalue weighted by molar-refractivity contribution is 0.474. The van der Waals surface area contributed by atoms with Crippen molar-refractivity contribution in [1.29, 1.82) is 0 Å². The number of aryl methyl sites for hydroxylation is 2. The van der Waals surface area contributed by atoms with E-state index in [4.69, 9.17) is 0 Å². The molecule has 0 aliphatic carbocycles. The minimum Gasteiger partial charge on any atom is -0.508 e. The predicted octanol–water partition coefficient (Wildman–Crippen LogP) is 4.08. The van der Waals surface area contributed by atoms with Gasteiger partial charge in [0.05, 0.1) is 0 Å². The Morgan fingerprint density at radius 1 is 1.00 bits per heavy atom. The summed E-state index contributed by atoms with van der Waals surface area (Å²) in [5.74, 6) is 0.356. The first-order chi connectivity index (χ1) is 10.3. The molecule has 0 spiro atoms. The Kier molecular flexibility index (Phi) is 7.69. The number of halogens is 2. The summed E-state index contributed by atoms with van der Waals surface area (Å²) in [6.45, 7) is 1.99. The molecule has 2 N–H and O–H groups in total. The van der Waals surface area contributed by atoms with Crippen molar-refractivity contribution >= 4 is 36.2 Å². The first-order valence-corrected chi connectivity index (χ1v) is 7.61. The summed E-state index contributed by atoms with van der Waals surface area (Å²) in [4.78, 5) is 2.40. The van der Waals surface area contributed by atoms with Crippen molar-refractivity contribution in [3.05, 3.63) is 53.6 Å². The fourth-order valence-electron chi connectivity index (χ4n) is 3.07. The molecule has 2 aromatic carbocycles. The first-order valence-electron chi connectivity index (χ1n) is 7.61. The smallest absolute Gasteiger partial charge is 0.116 e. The molecule has 23 heavy (non-hydrogen) atoms. The summed E-state index contributed by atoms with van der Waals surface area (Å²) in [5.41, 5.74) is 5.15. The number of anilines is 2. The number of hydrogen-bond donors (Lipinski definition) is 2. The quantitative estimate of drug-likeness (QED) is 0.812. The number of fused-ring (bicyclic) bond motifs is 2. The maximum Gasteiger partial charge on any atom is 0.116 e. The summed E-state index contributed by atoms with van der Waals surface area (Å²) in [7, 11) is 1.99. The monoisotopic (exact) mass is 354 g/mol. The van der Waals surface area contributed by atoms with Crippen LogP contribution in [0.2, 0.25) is 0 Å². The SMILES string of the molecule is CNCCCN1c2ccccc2CCc2cc(O)ccc21.Cl.Cl. The molecule has 0 aromatic heterocycles. The van der Waals surface area contributed by atoms with Crippen LogP contribution in [0.3, 0.4) is 0 Å². The molecule has 2 aromatic rings. The number of benzene rings is 2. The molecule has 3 nitrogen and oxygen atoms in total. The zero-order valence-electron chi connectivity index (χ0n) is 13.3. The number of para-hydroxylation sites is 1. The second-order valence-corrected chi connectivity index (χ2v) is 5.55. The second-order valence-electron chi connectivity index (χ2n) is 5.55. The molecule has 0 bridgehead atoms. The van der Waals surface area contributed by atoms with E-state index in [1.165, 1.54) is 22.5 Å². The van der Waals surface area contributed by atoms with E-state index in [1.54, 1.807) is 6.07 Å². The van der Waals surface area contributed by atoms with Crippen molar-refractivity contribution in [2.75, 3.05) is 25.0 Å². The fourth-order valence-corrected chi connectivity index (χ4v) is 3.07. The Labute approximate surface area is 150 Å². The zero-order valence-corrected chi connectivity index (χ0v) is 14.9. The van der Waals surface area contributed by atoms with Gasteiger partial charge in [0.15, 0.2) is 0 Å². The normalized spacial score (nSPS) is 12.3. The van der Waals surface area contributed by atoms with Crippen LogP contribution >= 0.6 is 24.8 Å². The van der Waals surface area contributed by atoms with Crippen LogP contribution < -0.4 is 10.2 Å². The van der Waals surface area contributed by atoms with Crippen molar-refractivity contribution < 1.29 is 5.11 Å². The average Bonchev–Trinajstić information content (AvgIpc) is 2.65. The van der Waals surface area contributed by atoms with E-state index in [2.05, 4.69) is 34.5 Å². The van der Waals surface area contributed by atoms with E-state index in [1.807, 2.05) is 19.2 Å². The van der Waals surface area contributed by atoms with Crippen molar-refractivity contribution in [1.82, 2.24) is 5.32 Å². The number of hydrogen-bond acceptors (Lipinski definition) is 3. The molecular formula is C18H24Cl2N2O. The number of phenolic OH excluding ortho intramolecular Hbond substituents is 1. The van der Waals surface area contributed by atoms with Crippen LogP contribution in [0, 0.1) is 0 Å². The van der Waals surface area contributed by atoms with Gasteiger partial charge in [0.1, 0.15) is 5.75 Å². The number of phenols is 1. The van der Waals surface area contributed by atoms with Crippen molar-refractivity contribution in [3.63, 3.8) is 0 Å². The van der Waals surface area contributed by atoms with Crippen LogP contribution in [0.1, 0.15) is 17.5 Å². The lowest BCUT2D eigenvalue weighted by atomic mass is 10.0. The number of nitrogens with zero attached hydrogens (tertiary/aromatic N) is 1. The van der Waals surface area contributed by atoms with Crippen LogP contribution in [0.5, 0.6) is 5.75 Å². The van der Waals surface area contributed by atoms with Crippen LogP contribution in [-0.4, -0.2) is 25.2 Å². The van der Waals surface area contributed by atoms with E-state index >= 15 is 0 Å². The highest BCUT2D eigenvalue weighted by Crippen LogP contribution is 2.37. The number of nitrogens with one attached hydrogen (secondary N) is 1. The molecule has 0 radical (unpaired) electrons. The Hall–Kier alpha value is -1.42. The highest BCUT2D eigenvalue weighted by molar-refractivity contribution is 5.85. The summed E-state index contributed by atoms with van der Waals surface area (Å²) in [6.07, 6.45) is 3.09. The number of rotatable bonds is 4. The zero-order chi connectivity index (χ0) is 14.7. The van der Waals surface area contributed by atoms with Gasteiger partial charge >= 0.3 is 0 Å². The standard InChI is InChI=1S/C18H22N2O.2ClH/c1-19-11-4-12-20-17-6-3-2-5-14(17)7-8-15-13-16(21)9-10-18(15)20;;/h2-3,5-6,9-10,13,19,21H,4,7-8,11-12H2,1H3;2*1H. The maximum absolute atomic E-state index is 9.77. The number of aromatic hydroxyl groups is 1. The average molecular weight is 355 g/mol. The van der Waals surface area contributed by atoms with Crippen molar-refractivity contribution in [2.45, 2.75) is 19.3 Å². The molecule has 1 heterocycles. The van der Waals surface area contributed by atoms with Gasteiger partial charge in [-0.25, -0.2) is 0 Å². The van der Waals surface area contributed by atoms with Gasteiger partial charge in [0.2, 0.25) is 0 Å². The molecular weight excluding hydrogens is 331 g/mol. The van der Waals surface area contributed by atoms with Gasteiger partial charge in [-0.2, -0.15) is 0 Å². The Bertz CT molecular complexity index is 634. The van der Waals surface area contributed by atoms with E-state index < -0.39 is 0 Å². The van der Waals surface area contributed by atoms with Gasteiger partial charge in [0, 0.05) is 17.9 Å². The second kappa shape index (κ2) is 9.02.